The minimum atomic E-state index is -0.648. The van der Waals surface area contributed by atoms with Gasteiger partial charge < -0.3 is 9.88 Å². The lowest BCUT2D eigenvalue weighted by atomic mass is 9.90. The van der Waals surface area contributed by atoms with E-state index in [0.717, 1.165) is 13.0 Å². The van der Waals surface area contributed by atoms with Crippen molar-refractivity contribution in [2.45, 2.75) is 31.6 Å². The first kappa shape index (κ1) is 10.8. The van der Waals surface area contributed by atoms with Crippen LogP contribution in [-0.2, 0) is 13.6 Å². The van der Waals surface area contributed by atoms with Gasteiger partial charge in [-0.05, 0) is 24.5 Å². The normalized spacial score (nSPS) is 23.9. The summed E-state index contributed by atoms with van der Waals surface area (Å²) in [6, 6.07) is 8.39. The maximum atomic E-state index is 13.1. The molecule has 0 spiro atoms. The molecule has 0 amide bonds. The van der Waals surface area contributed by atoms with Crippen molar-refractivity contribution in [1.29, 1.82) is 0 Å². The Labute approximate surface area is 100 Å². The lowest BCUT2D eigenvalue weighted by molar-refractivity contribution is 0.141. The Hall–Kier alpha value is -1.35. The zero-order chi connectivity index (χ0) is 11.8. The largest absolute Gasteiger partial charge is 0.350 e. The summed E-state index contributed by atoms with van der Waals surface area (Å²) in [6.07, 6.45) is 3.16. The highest BCUT2D eigenvalue weighted by Crippen LogP contribution is 2.25. The second-order valence-electron chi connectivity index (χ2n) is 4.86. The third-order valence-electron chi connectivity index (χ3n) is 3.72. The molecule has 90 valence electrons. The van der Waals surface area contributed by atoms with Crippen LogP contribution in [0, 0.1) is 0 Å². The van der Waals surface area contributed by atoms with Crippen LogP contribution in [0.15, 0.2) is 30.5 Å². The van der Waals surface area contributed by atoms with Crippen LogP contribution in [0.2, 0.25) is 0 Å². The molecule has 1 aliphatic carbocycles. The van der Waals surface area contributed by atoms with Crippen LogP contribution in [0.5, 0.6) is 0 Å². The molecule has 17 heavy (non-hydrogen) atoms. The fourth-order valence-corrected chi connectivity index (χ4v) is 2.50. The number of halogens is 1. The SMILES string of the molecule is Cn1cc(CNC2CCC2F)c2ccccc21. The number of nitrogens with zero attached hydrogens (tertiary/aromatic N) is 1. The molecule has 1 aromatic carbocycles. The first-order valence-corrected chi connectivity index (χ1v) is 6.16. The second-order valence-corrected chi connectivity index (χ2v) is 4.86. The van der Waals surface area contributed by atoms with Crippen LogP contribution in [0.3, 0.4) is 0 Å². The smallest absolute Gasteiger partial charge is 0.115 e. The molecule has 2 aromatic rings. The van der Waals surface area contributed by atoms with Gasteiger partial charge in [0.15, 0.2) is 0 Å². The van der Waals surface area contributed by atoms with Crippen LogP contribution in [0.4, 0.5) is 4.39 Å². The van der Waals surface area contributed by atoms with Gasteiger partial charge in [-0.15, -0.1) is 0 Å². The average Bonchev–Trinajstić information content (AvgIpc) is 2.66. The van der Waals surface area contributed by atoms with Crippen molar-refractivity contribution in [2.75, 3.05) is 0 Å². The van der Waals surface area contributed by atoms with Crippen molar-refractivity contribution >= 4 is 10.9 Å². The Morgan fingerprint density at radius 1 is 1.35 bits per heavy atom. The van der Waals surface area contributed by atoms with Gasteiger partial charge >= 0.3 is 0 Å². The van der Waals surface area contributed by atoms with Gasteiger partial charge in [0.25, 0.3) is 0 Å². The molecular weight excluding hydrogens is 215 g/mol. The average molecular weight is 232 g/mol. The van der Waals surface area contributed by atoms with Crippen molar-refractivity contribution in [3.8, 4) is 0 Å². The van der Waals surface area contributed by atoms with Gasteiger partial charge in [-0.1, -0.05) is 18.2 Å². The van der Waals surface area contributed by atoms with Gasteiger partial charge in [-0.2, -0.15) is 0 Å². The van der Waals surface area contributed by atoms with Crippen molar-refractivity contribution < 1.29 is 4.39 Å². The van der Waals surface area contributed by atoms with Crippen molar-refractivity contribution in [3.63, 3.8) is 0 Å². The van der Waals surface area contributed by atoms with E-state index in [2.05, 4.69) is 28.2 Å². The third-order valence-corrected chi connectivity index (χ3v) is 3.72. The maximum Gasteiger partial charge on any atom is 0.115 e. The number of nitrogens with one attached hydrogen (secondary N) is 1. The molecule has 2 nitrogen and oxygen atoms in total. The molecule has 1 N–H and O–H groups in total. The van der Waals surface area contributed by atoms with E-state index in [1.54, 1.807) is 0 Å². The topological polar surface area (TPSA) is 17.0 Å². The zero-order valence-corrected chi connectivity index (χ0v) is 9.99. The first-order valence-electron chi connectivity index (χ1n) is 6.16. The lowest BCUT2D eigenvalue weighted by Crippen LogP contribution is -2.44. The number of aromatic nitrogens is 1. The van der Waals surface area contributed by atoms with E-state index < -0.39 is 6.17 Å². The van der Waals surface area contributed by atoms with Crippen molar-refractivity contribution in [1.82, 2.24) is 9.88 Å². The van der Waals surface area contributed by atoms with E-state index in [9.17, 15) is 4.39 Å². The Morgan fingerprint density at radius 2 is 2.18 bits per heavy atom. The lowest BCUT2D eigenvalue weighted by Gasteiger charge is -2.31. The second kappa shape index (κ2) is 4.15. The highest BCUT2D eigenvalue weighted by Gasteiger charge is 2.29. The van der Waals surface area contributed by atoms with Crippen LogP contribution in [0.1, 0.15) is 18.4 Å². The number of hydrogen-bond acceptors (Lipinski definition) is 1. The fraction of sp³-hybridized carbons (Fsp3) is 0.429. The minimum Gasteiger partial charge on any atom is -0.350 e. The summed E-state index contributed by atoms with van der Waals surface area (Å²) in [5, 5.41) is 4.56. The highest BCUT2D eigenvalue weighted by atomic mass is 19.1. The maximum absolute atomic E-state index is 13.1. The first-order chi connectivity index (χ1) is 8.25. The van der Waals surface area contributed by atoms with Crippen LogP contribution in [-0.4, -0.2) is 16.8 Å². The minimum absolute atomic E-state index is 0.0639. The summed E-state index contributed by atoms with van der Waals surface area (Å²) in [6.45, 7) is 0.756. The monoisotopic (exact) mass is 232 g/mol. The summed E-state index contributed by atoms with van der Waals surface area (Å²) < 4.78 is 15.3. The molecule has 3 rings (SSSR count). The number of para-hydroxylation sites is 1. The Bertz CT molecular complexity index is 532. The van der Waals surface area contributed by atoms with E-state index >= 15 is 0 Å². The summed E-state index contributed by atoms with van der Waals surface area (Å²) >= 11 is 0. The molecule has 2 unspecified atom stereocenters. The number of alkyl halides is 1. The Balaban J connectivity index is 1.80. The predicted molar refractivity (Wildman–Crippen MR) is 67.7 cm³/mol. The third kappa shape index (κ3) is 1.84. The summed E-state index contributed by atoms with van der Waals surface area (Å²) in [5.74, 6) is 0. The Morgan fingerprint density at radius 3 is 2.88 bits per heavy atom. The van der Waals surface area contributed by atoms with Gasteiger partial charge in [-0.3, -0.25) is 0 Å². The highest BCUT2D eigenvalue weighted by molar-refractivity contribution is 5.83. The van der Waals surface area contributed by atoms with Gasteiger partial charge in [0, 0.05) is 36.7 Å². The van der Waals surface area contributed by atoms with Crippen molar-refractivity contribution in [3.05, 3.63) is 36.0 Å². The molecule has 1 aliphatic rings. The number of hydrogen-bond donors (Lipinski definition) is 1. The van der Waals surface area contributed by atoms with Crippen LogP contribution < -0.4 is 5.32 Å². The molecule has 1 saturated carbocycles. The van der Waals surface area contributed by atoms with E-state index in [-0.39, 0.29) is 6.04 Å². The van der Waals surface area contributed by atoms with Crippen LogP contribution >= 0.6 is 0 Å². The van der Waals surface area contributed by atoms with E-state index in [1.165, 1.54) is 16.5 Å². The number of benzene rings is 1. The summed E-state index contributed by atoms with van der Waals surface area (Å²) in [5.41, 5.74) is 2.48. The predicted octanol–water partition coefficient (Wildman–Crippen LogP) is 2.77. The molecule has 0 aliphatic heterocycles. The molecule has 1 heterocycles. The van der Waals surface area contributed by atoms with E-state index in [4.69, 9.17) is 0 Å². The number of aryl methyl sites for hydroxylation is 1. The van der Waals surface area contributed by atoms with Gasteiger partial charge in [0.2, 0.25) is 0 Å². The quantitative estimate of drug-likeness (QED) is 0.861. The summed E-state index contributed by atoms with van der Waals surface area (Å²) in [7, 11) is 2.05. The molecule has 1 aromatic heterocycles. The molecule has 0 radical (unpaired) electrons. The van der Waals surface area contributed by atoms with Gasteiger partial charge in [-0.25, -0.2) is 4.39 Å². The number of fused-ring (bicyclic) bond motifs is 1. The zero-order valence-electron chi connectivity index (χ0n) is 9.99. The fourth-order valence-electron chi connectivity index (χ4n) is 2.50. The molecule has 0 bridgehead atoms. The van der Waals surface area contributed by atoms with Crippen molar-refractivity contribution in [2.24, 2.45) is 7.05 Å². The molecule has 1 fully saturated rings. The van der Waals surface area contributed by atoms with Gasteiger partial charge in [0.1, 0.15) is 6.17 Å². The number of rotatable bonds is 3. The van der Waals surface area contributed by atoms with Gasteiger partial charge in [0.05, 0.1) is 0 Å². The standard InChI is InChI=1S/C14H17FN2/c1-17-9-10(8-16-13-7-6-12(13)15)11-4-2-3-5-14(11)17/h2-5,9,12-13,16H,6-8H2,1H3. The Kier molecular flexibility index (Phi) is 2.63. The summed E-state index contributed by atoms with van der Waals surface area (Å²) in [4.78, 5) is 0. The van der Waals surface area contributed by atoms with E-state index in [0.29, 0.717) is 6.42 Å². The van der Waals surface area contributed by atoms with Crippen LogP contribution in [0.25, 0.3) is 10.9 Å². The molecule has 0 saturated heterocycles. The molecular formula is C14H17FN2. The molecule has 2 atom stereocenters. The molecule has 3 heteroatoms. The van der Waals surface area contributed by atoms with E-state index in [1.807, 2.05) is 19.2 Å².